The van der Waals surface area contributed by atoms with Gasteiger partial charge in [-0.15, -0.1) is 0 Å². The molecular weight excluding hydrogens is 434 g/mol. The molecule has 8 heteroatoms. The highest BCUT2D eigenvalue weighted by atomic mass is 79.9. The van der Waals surface area contributed by atoms with Gasteiger partial charge in [-0.3, -0.25) is 4.79 Å². The smallest absolute Gasteiger partial charge is 0.262 e. The third kappa shape index (κ3) is 3.79. The molecule has 1 atom stereocenters. The van der Waals surface area contributed by atoms with E-state index in [-0.39, 0.29) is 18.5 Å². The fraction of sp³-hybridized carbons (Fsp3) is 0.158. The molecule has 0 spiro atoms. The number of hydrogen-bond acceptors (Lipinski definition) is 5. The molecule has 27 heavy (non-hydrogen) atoms. The van der Waals surface area contributed by atoms with Crippen molar-refractivity contribution in [2.75, 3.05) is 11.9 Å². The van der Waals surface area contributed by atoms with Crippen LogP contribution in [0.2, 0.25) is 5.02 Å². The Morgan fingerprint density at radius 3 is 2.78 bits per heavy atom. The van der Waals surface area contributed by atoms with Crippen molar-refractivity contribution < 1.29 is 13.6 Å². The maximum Gasteiger partial charge on any atom is 0.262 e. The number of rotatable bonds is 5. The molecule has 138 valence electrons. The Hall–Kier alpha value is -2.51. The standard InChI is InChI=1S/C19H15BrClN3O3/c20-12-5-6-14(13(21)9-12)22-11-19(25)24-16(18-4-2-8-27-18)10-15(23-24)17-3-1-7-26-17/h1-9,16,22H,10-11H2. The van der Waals surface area contributed by atoms with Crippen LogP contribution in [-0.2, 0) is 4.79 Å². The molecule has 6 nitrogen and oxygen atoms in total. The maximum absolute atomic E-state index is 12.8. The van der Waals surface area contributed by atoms with Gasteiger partial charge in [-0.05, 0) is 42.5 Å². The van der Waals surface area contributed by atoms with Gasteiger partial charge in [0.1, 0.15) is 23.3 Å². The van der Waals surface area contributed by atoms with Crippen LogP contribution in [0.15, 0.2) is 73.4 Å². The molecule has 3 aromatic rings. The van der Waals surface area contributed by atoms with E-state index in [2.05, 4.69) is 26.3 Å². The molecule has 2 aromatic heterocycles. The highest BCUT2D eigenvalue weighted by Crippen LogP contribution is 2.33. The van der Waals surface area contributed by atoms with Crippen LogP contribution in [0, 0.1) is 0 Å². The summed E-state index contributed by atoms with van der Waals surface area (Å²) in [7, 11) is 0. The monoisotopic (exact) mass is 447 g/mol. The second-order valence-electron chi connectivity index (χ2n) is 5.98. The van der Waals surface area contributed by atoms with Crippen molar-refractivity contribution in [3.8, 4) is 0 Å². The Kier molecular flexibility index (Phi) is 5.05. The van der Waals surface area contributed by atoms with Crippen molar-refractivity contribution in [3.63, 3.8) is 0 Å². The lowest BCUT2D eigenvalue weighted by molar-refractivity contribution is -0.131. The van der Waals surface area contributed by atoms with E-state index in [1.54, 1.807) is 30.7 Å². The zero-order valence-corrected chi connectivity index (χ0v) is 16.4. The van der Waals surface area contributed by atoms with Crippen LogP contribution in [0.25, 0.3) is 0 Å². The number of carbonyl (C=O) groups is 1. The number of amides is 1. The van der Waals surface area contributed by atoms with Crippen LogP contribution >= 0.6 is 27.5 Å². The average Bonchev–Trinajstić information content (AvgIpc) is 3.40. The average molecular weight is 449 g/mol. The molecule has 0 saturated carbocycles. The quantitative estimate of drug-likeness (QED) is 0.591. The summed E-state index contributed by atoms with van der Waals surface area (Å²) in [4.78, 5) is 12.8. The van der Waals surface area contributed by atoms with Crippen molar-refractivity contribution in [2.45, 2.75) is 12.5 Å². The summed E-state index contributed by atoms with van der Waals surface area (Å²) in [6.07, 6.45) is 3.69. The van der Waals surface area contributed by atoms with Gasteiger partial charge >= 0.3 is 0 Å². The van der Waals surface area contributed by atoms with E-state index < -0.39 is 0 Å². The molecule has 1 aliphatic rings. The number of carbonyl (C=O) groups excluding carboxylic acids is 1. The van der Waals surface area contributed by atoms with E-state index in [9.17, 15) is 4.79 Å². The van der Waals surface area contributed by atoms with Crippen LogP contribution in [0.5, 0.6) is 0 Å². The maximum atomic E-state index is 12.8. The van der Waals surface area contributed by atoms with Gasteiger partial charge in [0.05, 0.1) is 29.8 Å². The molecule has 1 N–H and O–H groups in total. The van der Waals surface area contributed by atoms with Gasteiger partial charge in [0, 0.05) is 10.9 Å². The van der Waals surface area contributed by atoms with Crippen molar-refractivity contribution in [1.82, 2.24) is 5.01 Å². The summed E-state index contributed by atoms with van der Waals surface area (Å²) < 4.78 is 11.8. The van der Waals surface area contributed by atoms with Crippen LogP contribution < -0.4 is 5.32 Å². The summed E-state index contributed by atoms with van der Waals surface area (Å²) in [5.74, 6) is 1.12. The minimum absolute atomic E-state index is 0.0491. The van der Waals surface area contributed by atoms with Crippen molar-refractivity contribution in [1.29, 1.82) is 0 Å². The van der Waals surface area contributed by atoms with E-state index in [1.165, 1.54) is 5.01 Å². The number of anilines is 1. The topological polar surface area (TPSA) is 71.0 Å². The van der Waals surface area contributed by atoms with E-state index in [4.69, 9.17) is 20.4 Å². The van der Waals surface area contributed by atoms with E-state index >= 15 is 0 Å². The normalized spacial score (nSPS) is 16.4. The molecule has 0 aliphatic carbocycles. The highest BCUT2D eigenvalue weighted by molar-refractivity contribution is 9.10. The summed E-state index contributed by atoms with van der Waals surface area (Å²) in [6.45, 7) is 0.0491. The molecule has 1 unspecified atom stereocenters. The lowest BCUT2D eigenvalue weighted by Crippen LogP contribution is -2.32. The van der Waals surface area contributed by atoms with Gasteiger partial charge in [-0.25, -0.2) is 5.01 Å². The van der Waals surface area contributed by atoms with Crippen molar-refractivity contribution >= 4 is 44.8 Å². The Morgan fingerprint density at radius 2 is 2.07 bits per heavy atom. The molecule has 0 fully saturated rings. The third-order valence-corrected chi connectivity index (χ3v) is 5.01. The number of nitrogens with one attached hydrogen (secondary N) is 1. The summed E-state index contributed by atoms with van der Waals surface area (Å²) in [5.41, 5.74) is 1.38. The molecule has 0 radical (unpaired) electrons. The molecule has 4 rings (SSSR count). The van der Waals surface area contributed by atoms with Gasteiger partial charge in [0.2, 0.25) is 0 Å². The first-order valence-corrected chi connectivity index (χ1v) is 9.44. The fourth-order valence-electron chi connectivity index (χ4n) is 2.92. The fourth-order valence-corrected chi connectivity index (χ4v) is 3.66. The van der Waals surface area contributed by atoms with Gasteiger partial charge in [-0.2, -0.15) is 5.10 Å². The Labute approximate surface area is 168 Å². The molecule has 1 aliphatic heterocycles. The second kappa shape index (κ2) is 7.62. The Bertz CT molecular complexity index is 970. The number of halogens is 2. The first-order chi connectivity index (χ1) is 13.1. The molecule has 0 bridgehead atoms. The largest absolute Gasteiger partial charge is 0.467 e. The number of hydrazone groups is 1. The number of hydrogen-bond donors (Lipinski definition) is 1. The lowest BCUT2D eigenvalue weighted by Gasteiger charge is -2.20. The molecule has 3 heterocycles. The minimum atomic E-state index is -0.310. The van der Waals surface area contributed by atoms with Crippen LogP contribution in [-0.4, -0.2) is 23.2 Å². The minimum Gasteiger partial charge on any atom is -0.467 e. The van der Waals surface area contributed by atoms with E-state index in [1.807, 2.05) is 24.3 Å². The molecule has 1 amide bonds. The van der Waals surface area contributed by atoms with Crippen molar-refractivity contribution in [3.05, 3.63) is 76.0 Å². The van der Waals surface area contributed by atoms with Gasteiger partial charge < -0.3 is 14.2 Å². The van der Waals surface area contributed by atoms with E-state index in [0.717, 1.165) is 4.47 Å². The highest BCUT2D eigenvalue weighted by Gasteiger charge is 2.35. The zero-order chi connectivity index (χ0) is 18.8. The van der Waals surface area contributed by atoms with Crippen LogP contribution in [0.3, 0.4) is 0 Å². The summed E-state index contributed by atoms with van der Waals surface area (Å²) in [6, 6.07) is 12.4. The zero-order valence-electron chi connectivity index (χ0n) is 14.1. The SMILES string of the molecule is O=C(CNc1ccc(Br)cc1Cl)N1N=C(c2ccco2)CC1c1ccco1. The second-order valence-corrected chi connectivity index (χ2v) is 7.30. The summed E-state index contributed by atoms with van der Waals surface area (Å²) in [5, 5.41) is 9.52. The Morgan fingerprint density at radius 1 is 1.26 bits per heavy atom. The Balaban J connectivity index is 1.53. The van der Waals surface area contributed by atoms with Crippen LogP contribution in [0.4, 0.5) is 5.69 Å². The predicted molar refractivity (Wildman–Crippen MR) is 106 cm³/mol. The predicted octanol–water partition coefficient (Wildman–Crippen LogP) is 5.08. The summed E-state index contributed by atoms with van der Waals surface area (Å²) >= 11 is 9.56. The number of nitrogens with zero attached hydrogens (tertiary/aromatic N) is 2. The van der Waals surface area contributed by atoms with E-state index in [0.29, 0.717) is 34.4 Å². The number of furan rings is 2. The molecular formula is C19H15BrClN3O3. The molecule has 1 aromatic carbocycles. The van der Waals surface area contributed by atoms with Gasteiger partial charge in [0.25, 0.3) is 5.91 Å². The van der Waals surface area contributed by atoms with Gasteiger partial charge in [0.15, 0.2) is 0 Å². The van der Waals surface area contributed by atoms with Crippen LogP contribution in [0.1, 0.15) is 24.0 Å². The molecule has 0 saturated heterocycles. The number of benzene rings is 1. The van der Waals surface area contributed by atoms with Crippen molar-refractivity contribution in [2.24, 2.45) is 5.10 Å². The lowest BCUT2D eigenvalue weighted by atomic mass is 10.1. The third-order valence-electron chi connectivity index (χ3n) is 4.20. The van der Waals surface area contributed by atoms with Gasteiger partial charge in [-0.1, -0.05) is 27.5 Å². The first kappa shape index (κ1) is 17.9. The first-order valence-electron chi connectivity index (χ1n) is 8.27.